The summed E-state index contributed by atoms with van der Waals surface area (Å²) in [5.74, 6) is 0.327. The van der Waals surface area contributed by atoms with Gasteiger partial charge in [0, 0.05) is 17.3 Å². The monoisotopic (exact) mass is 292 g/mol. The number of nitrogens with zero attached hydrogens (tertiary/aromatic N) is 3. The molecule has 96 valence electrons. The van der Waals surface area contributed by atoms with Crippen LogP contribution in [0.4, 0.5) is 9.52 Å². The van der Waals surface area contributed by atoms with E-state index in [9.17, 15) is 4.39 Å². The minimum Gasteiger partial charge on any atom is -0.374 e. The van der Waals surface area contributed by atoms with Crippen molar-refractivity contribution in [2.45, 2.75) is 10.1 Å². The lowest BCUT2D eigenvalue weighted by molar-refractivity contribution is 0.628. The maximum atomic E-state index is 13.5. The van der Waals surface area contributed by atoms with Crippen molar-refractivity contribution in [3.8, 4) is 0 Å². The number of nitrogen functional groups attached to an aromatic ring is 1. The van der Waals surface area contributed by atoms with Crippen LogP contribution >= 0.6 is 23.1 Å². The van der Waals surface area contributed by atoms with E-state index in [1.54, 1.807) is 12.3 Å². The van der Waals surface area contributed by atoms with Crippen LogP contribution < -0.4 is 5.73 Å². The van der Waals surface area contributed by atoms with E-state index in [2.05, 4.69) is 15.2 Å². The van der Waals surface area contributed by atoms with Crippen molar-refractivity contribution in [1.82, 2.24) is 15.2 Å². The number of thioether (sulfide) groups is 1. The first kappa shape index (κ1) is 12.3. The molecule has 0 aliphatic carbocycles. The minimum absolute atomic E-state index is 0.257. The first-order valence-electron chi connectivity index (χ1n) is 5.47. The lowest BCUT2D eigenvalue weighted by atomic mass is 10.1. The molecule has 4 nitrogen and oxygen atoms in total. The lowest BCUT2D eigenvalue weighted by Crippen LogP contribution is -1.89. The maximum absolute atomic E-state index is 13.5. The molecule has 2 N–H and O–H groups in total. The molecular weight excluding hydrogens is 283 g/mol. The number of aromatic nitrogens is 3. The third kappa shape index (κ3) is 2.66. The van der Waals surface area contributed by atoms with Crippen LogP contribution in [0.25, 0.3) is 10.9 Å². The van der Waals surface area contributed by atoms with Gasteiger partial charge in [0.2, 0.25) is 5.13 Å². The number of pyridine rings is 1. The summed E-state index contributed by atoms with van der Waals surface area (Å²) in [5.41, 5.74) is 7.18. The molecular formula is C12H9FN4S2. The standard InChI is InChI=1S/C12H9FN4S2/c13-9-4-7-2-1-3-15-10(7)8(5-9)6-18-12-17-16-11(14)19-12/h1-5H,6H2,(H2,14,16). The van der Waals surface area contributed by atoms with Crippen molar-refractivity contribution in [2.75, 3.05) is 5.73 Å². The van der Waals surface area contributed by atoms with Gasteiger partial charge in [-0.2, -0.15) is 0 Å². The summed E-state index contributed by atoms with van der Waals surface area (Å²) in [6.07, 6.45) is 1.71. The van der Waals surface area contributed by atoms with Gasteiger partial charge in [0.05, 0.1) is 5.52 Å². The summed E-state index contributed by atoms with van der Waals surface area (Å²) in [7, 11) is 0. The van der Waals surface area contributed by atoms with Gasteiger partial charge >= 0.3 is 0 Å². The van der Waals surface area contributed by atoms with Crippen LogP contribution in [0, 0.1) is 5.82 Å². The van der Waals surface area contributed by atoms with Gasteiger partial charge in [-0.25, -0.2) is 4.39 Å². The van der Waals surface area contributed by atoms with Crippen LogP contribution in [-0.2, 0) is 5.75 Å². The van der Waals surface area contributed by atoms with E-state index >= 15 is 0 Å². The zero-order valence-electron chi connectivity index (χ0n) is 9.71. The predicted molar refractivity (Wildman–Crippen MR) is 75.6 cm³/mol. The highest BCUT2D eigenvalue weighted by Crippen LogP contribution is 2.29. The Morgan fingerprint density at radius 3 is 3.00 bits per heavy atom. The van der Waals surface area contributed by atoms with Crippen molar-refractivity contribution in [1.29, 1.82) is 0 Å². The Morgan fingerprint density at radius 1 is 1.32 bits per heavy atom. The molecule has 2 aromatic heterocycles. The molecule has 0 aliphatic heterocycles. The van der Waals surface area contributed by atoms with Gasteiger partial charge in [-0.15, -0.1) is 10.2 Å². The number of nitrogens with two attached hydrogens (primary N) is 1. The van der Waals surface area contributed by atoms with Crippen LogP contribution in [0.15, 0.2) is 34.8 Å². The molecule has 1 aromatic carbocycles. The molecule has 0 unspecified atom stereocenters. The Balaban J connectivity index is 1.91. The molecule has 3 aromatic rings. The Kier molecular flexibility index (Phi) is 3.31. The molecule has 19 heavy (non-hydrogen) atoms. The molecule has 2 heterocycles. The molecule has 0 fully saturated rings. The van der Waals surface area contributed by atoms with E-state index in [-0.39, 0.29) is 5.82 Å². The highest BCUT2D eigenvalue weighted by Gasteiger charge is 2.08. The van der Waals surface area contributed by atoms with E-state index in [0.717, 1.165) is 20.8 Å². The van der Waals surface area contributed by atoms with Crippen LogP contribution in [0.3, 0.4) is 0 Å². The molecule has 0 radical (unpaired) electrons. The number of anilines is 1. The average Bonchev–Trinajstić information content (AvgIpc) is 2.81. The summed E-state index contributed by atoms with van der Waals surface area (Å²) in [6.45, 7) is 0. The first-order valence-corrected chi connectivity index (χ1v) is 7.27. The van der Waals surface area contributed by atoms with Crippen LogP contribution in [-0.4, -0.2) is 15.2 Å². The quantitative estimate of drug-likeness (QED) is 0.751. The fraction of sp³-hybridized carbons (Fsp3) is 0.0833. The summed E-state index contributed by atoms with van der Waals surface area (Å²) in [4.78, 5) is 4.30. The van der Waals surface area contributed by atoms with Gasteiger partial charge in [0.15, 0.2) is 4.34 Å². The Hall–Kier alpha value is -1.73. The summed E-state index contributed by atoms with van der Waals surface area (Å²) < 4.78 is 14.3. The zero-order valence-corrected chi connectivity index (χ0v) is 11.3. The third-order valence-electron chi connectivity index (χ3n) is 2.52. The molecule has 0 amide bonds. The number of hydrogen-bond acceptors (Lipinski definition) is 6. The molecule has 7 heteroatoms. The van der Waals surface area contributed by atoms with Crippen molar-refractivity contribution < 1.29 is 4.39 Å². The molecule has 0 bridgehead atoms. The Morgan fingerprint density at radius 2 is 2.21 bits per heavy atom. The highest BCUT2D eigenvalue weighted by molar-refractivity contribution is 8.00. The number of benzene rings is 1. The molecule has 3 rings (SSSR count). The summed E-state index contributed by atoms with van der Waals surface area (Å²) in [6, 6.07) is 6.64. The third-order valence-corrected chi connectivity index (χ3v) is 4.46. The normalized spacial score (nSPS) is 11.0. The minimum atomic E-state index is -0.257. The van der Waals surface area contributed by atoms with E-state index in [1.165, 1.54) is 35.2 Å². The fourth-order valence-corrected chi connectivity index (χ4v) is 3.36. The van der Waals surface area contributed by atoms with E-state index in [0.29, 0.717) is 10.9 Å². The topological polar surface area (TPSA) is 64.7 Å². The van der Waals surface area contributed by atoms with Crippen molar-refractivity contribution in [2.24, 2.45) is 0 Å². The van der Waals surface area contributed by atoms with Gasteiger partial charge < -0.3 is 5.73 Å². The highest BCUT2D eigenvalue weighted by atomic mass is 32.2. The predicted octanol–water partition coefficient (Wildman–Crippen LogP) is 3.10. The van der Waals surface area contributed by atoms with Crippen LogP contribution in [0.5, 0.6) is 0 Å². The summed E-state index contributed by atoms with van der Waals surface area (Å²) in [5, 5.41) is 8.91. The fourth-order valence-electron chi connectivity index (χ4n) is 1.76. The Labute approximate surface area is 116 Å². The largest absolute Gasteiger partial charge is 0.374 e. The van der Waals surface area contributed by atoms with Gasteiger partial charge in [0.25, 0.3) is 0 Å². The number of rotatable bonds is 3. The molecule has 0 aliphatic rings. The molecule has 0 spiro atoms. The number of halogens is 1. The Bertz CT molecular complexity index is 729. The summed E-state index contributed by atoms with van der Waals surface area (Å²) >= 11 is 2.80. The van der Waals surface area contributed by atoms with E-state index in [1.807, 2.05) is 6.07 Å². The van der Waals surface area contributed by atoms with Gasteiger partial charge in [-0.05, 0) is 23.8 Å². The van der Waals surface area contributed by atoms with E-state index < -0.39 is 0 Å². The van der Waals surface area contributed by atoms with Gasteiger partial charge in [-0.3, -0.25) is 4.98 Å². The maximum Gasteiger partial charge on any atom is 0.203 e. The smallest absolute Gasteiger partial charge is 0.203 e. The molecule has 0 saturated heterocycles. The second kappa shape index (κ2) is 5.10. The lowest BCUT2D eigenvalue weighted by Gasteiger charge is -2.04. The number of fused-ring (bicyclic) bond motifs is 1. The van der Waals surface area contributed by atoms with Crippen molar-refractivity contribution in [3.05, 3.63) is 41.8 Å². The molecule has 0 atom stereocenters. The van der Waals surface area contributed by atoms with Crippen LogP contribution in [0.2, 0.25) is 0 Å². The van der Waals surface area contributed by atoms with Gasteiger partial charge in [0.1, 0.15) is 5.82 Å². The van der Waals surface area contributed by atoms with Crippen LogP contribution in [0.1, 0.15) is 5.56 Å². The average molecular weight is 292 g/mol. The first-order chi connectivity index (χ1) is 9.22. The van der Waals surface area contributed by atoms with Crippen molar-refractivity contribution in [3.63, 3.8) is 0 Å². The molecule has 0 saturated carbocycles. The van der Waals surface area contributed by atoms with Gasteiger partial charge in [-0.1, -0.05) is 29.2 Å². The zero-order chi connectivity index (χ0) is 13.2. The van der Waals surface area contributed by atoms with E-state index in [4.69, 9.17) is 5.73 Å². The number of hydrogen-bond donors (Lipinski definition) is 1. The second-order valence-electron chi connectivity index (χ2n) is 3.83. The second-order valence-corrected chi connectivity index (χ2v) is 6.07. The SMILES string of the molecule is Nc1nnc(SCc2cc(F)cc3cccnc23)s1. The van der Waals surface area contributed by atoms with Crippen molar-refractivity contribution >= 4 is 39.1 Å².